The predicted octanol–water partition coefficient (Wildman–Crippen LogP) is 1.64. The van der Waals surface area contributed by atoms with E-state index in [1.54, 1.807) is 0 Å². The third-order valence-corrected chi connectivity index (χ3v) is 2.70. The van der Waals surface area contributed by atoms with Crippen molar-refractivity contribution in [3.63, 3.8) is 0 Å². The molecule has 1 aromatic rings. The first-order chi connectivity index (χ1) is 7.28. The molecule has 1 aliphatic rings. The molecule has 2 rings (SSSR count). The molecule has 1 amide bonds. The van der Waals surface area contributed by atoms with Gasteiger partial charge in [0, 0.05) is 18.8 Å². The molecule has 1 saturated carbocycles. The zero-order valence-corrected chi connectivity index (χ0v) is 8.73. The highest BCUT2D eigenvalue weighted by molar-refractivity contribution is 5.48. The number of hydrogen-bond donors (Lipinski definition) is 1. The van der Waals surface area contributed by atoms with Gasteiger partial charge in [-0.25, -0.2) is 0 Å². The van der Waals surface area contributed by atoms with Crippen molar-refractivity contribution >= 4 is 12.1 Å². The fraction of sp³-hybridized carbons (Fsp3) is 0.417. The molecule has 3 nitrogen and oxygen atoms in total. The highest BCUT2D eigenvalue weighted by atomic mass is 16.1. The van der Waals surface area contributed by atoms with E-state index in [4.69, 9.17) is 5.73 Å². The number of benzene rings is 1. The quantitative estimate of drug-likeness (QED) is 0.585. The van der Waals surface area contributed by atoms with Gasteiger partial charge in [0.2, 0.25) is 6.41 Å². The Balaban J connectivity index is 1.92. The van der Waals surface area contributed by atoms with Gasteiger partial charge in [-0.2, -0.15) is 0 Å². The van der Waals surface area contributed by atoms with Crippen molar-refractivity contribution in [1.82, 2.24) is 4.90 Å². The lowest BCUT2D eigenvalue weighted by Gasteiger charge is -2.16. The summed E-state index contributed by atoms with van der Waals surface area (Å²) in [6, 6.07) is 7.68. The molecule has 0 aliphatic heterocycles. The summed E-state index contributed by atoms with van der Waals surface area (Å²) in [6.07, 6.45) is 3.48. The first-order valence-electron chi connectivity index (χ1n) is 5.31. The molecule has 0 unspecified atom stereocenters. The van der Waals surface area contributed by atoms with E-state index in [2.05, 4.69) is 0 Å². The average molecular weight is 204 g/mol. The normalized spacial score (nSPS) is 14.9. The summed E-state index contributed by atoms with van der Waals surface area (Å²) < 4.78 is 0. The van der Waals surface area contributed by atoms with Gasteiger partial charge >= 0.3 is 0 Å². The van der Waals surface area contributed by atoms with E-state index in [0.717, 1.165) is 30.1 Å². The Bertz CT molecular complexity index is 330. The van der Waals surface area contributed by atoms with Crippen molar-refractivity contribution in [2.45, 2.75) is 19.4 Å². The Labute approximate surface area is 89.9 Å². The van der Waals surface area contributed by atoms with E-state index in [9.17, 15) is 4.79 Å². The maximum atomic E-state index is 10.8. The van der Waals surface area contributed by atoms with E-state index in [-0.39, 0.29) is 0 Å². The van der Waals surface area contributed by atoms with Crippen LogP contribution < -0.4 is 5.73 Å². The summed E-state index contributed by atoms with van der Waals surface area (Å²) >= 11 is 0. The van der Waals surface area contributed by atoms with E-state index < -0.39 is 0 Å². The standard InChI is InChI=1S/C12H16N2O/c13-12-5-3-11(4-6-12)8-14(9-15)7-10-1-2-10/h3-6,9-10H,1-2,7-8,13H2. The first-order valence-corrected chi connectivity index (χ1v) is 5.31. The van der Waals surface area contributed by atoms with Gasteiger partial charge in [-0.3, -0.25) is 4.79 Å². The van der Waals surface area contributed by atoms with E-state index in [1.807, 2.05) is 29.2 Å². The molecule has 1 aromatic carbocycles. The van der Waals surface area contributed by atoms with E-state index in [1.165, 1.54) is 12.8 Å². The van der Waals surface area contributed by atoms with Crippen LogP contribution in [0.3, 0.4) is 0 Å². The van der Waals surface area contributed by atoms with Gasteiger partial charge < -0.3 is 10.6 Å². The molecule has 0 bridgehead atoms. The van der Waals surface area contributed by atoms with Crippen LogP contribution >= 0.6 is 0 Å². The molecule has 0 spiro atoms. The molecule has 3 heteroatoms. The van der Waals surface area contributed by atoms with Gasteiger partial charge in [-0.15, -0.1) is 0 Å². The minimum atomic E-state index is 0.695. The fourth-order valence-corrected chi connectivity index (χ4v) is 1.63. The second-order valence-electron chi connectivity index (χ2n) is 4.22. The van der Waals surface area contributed by atoms with Crippen molar-refractivity contribution in [2.75, 3.05) is 12.3 Å². The Morgan fingerprint density at radius 1 is 1.33 bits per heavy atom. The Morgan fingerprint density at radius 3 is 2.53 bits per heavy atom. The fourth-order valence-electron chi connectivity index (χ4n) is 1.63. The zero-order valence-electron chi connectivity index (χ0n) is 8.73. The molecule has 80 valence electrons. The van der Waals surface area contributed by atoms with Crippen LogP contribution in [-0.4, -0.2) is 17.9 Å². The lowest BCUT2D eigenvalue weighted by Crippen LogP contribution is -2.23. The molecule has 0 atom stereocenters. The number of amides is 1. The van der Waals surface area contributed by atoms with Crippen molar-refractivity contribution in [1.29, 1.82) is 0 Å². The second-order valence-corrected chi connectivity index (χ2v) is 4.22. The summed E-state index contributed by atoms with van der Waals surface area (Å²) in [4.78, 5) is 12.7. The summed E-state index contributed by atoms with van der Waals surface area (Å²) in [6.45, 7) is 1.59. The summed E-state index contributed by atoms with van der Waals surface area (Å²) in [5.41, 5.74) is 7.50. The van der Waals surface area contributed by atoms with Crippen LogP contribution in [0, 0.1) is 5.92 Å². The molecular weight excluding hydrogens is 188 g/mol. The Morgan fingerprint density at radius 2 is 2.00 bits per heavy atom. The minimum Gasteiger partial charge on any atom is -0.399 e. The monoisotopic (exact) mass is 204 g/mol. The van der Waals surface area contributed by atoms with Gasteiger partial charge in [0.25, 0.3) is 0 Å². The van der Waals surface area contributed by atoms with Gasteiger partial charge in [0.15, 0.2) is 0 Å². The number of hydrogen-bond acceptors (Lipinski definition) is 2. The molecule has 0 saturated heterocycles. The summed E-state index contributed by atoms with van der Waals surface area (Å²) in [7, 11) is 0. The van der Waals surface area contributed by atoms with E-state index >= 15 is 0 Å². The largest absolute Gasteiger partial charge is 0.399 e. The third-order valence-electron chi connectivity index (χ3n) is 2.70. The van der Waals surface area contributed by atoms with Crippen molar-refractivity contribution in [3.8, 4) is 0 Å². The number of nitrogens with two attached hydrogens (primary N) is 1. The zero-order chi connectivity index (χ0) is 10.7. The smallest absolute Gasteiger partial charge is 0.210 e. The maximum Gasteiger partial charge on any atom is 0.210 e. The van der Waals surface area contributed by atoms with Crippen LogP contribution in [-0.2, 0) is 11.3 Å². The summed E-state index contributed by atoms with van der Waals surface area (Å²) in [5, 5.41) is 0. The van der Waals surface area contributed by atoms with Crippen molar-refractivity contribution < 1.29 is 4.79 Å². The number of anilines is 1. The Hall–Kier alpha value is -1.51. The molecule has 1 aliphatic carbocycles. The molecule has 1 fully saturated rings. The van der Waals surface area contributed by atoms with E-state index in [0.29, 0.717) is 6.54 Å². The molecule has 0 aromatic heterocycles. The second kappa shape index (κ2) is 4.34. The lowest BCUT2D eigenvalue weighted by molar-refractivity contribution is -0.118. The topological polar surface area (TPSA) is 46.3 Å². The molecule has 0 radical (unpaired) electrons. The first kappa shape index (κ1) is 10.0. The van der Waals surface area contributed by atoms with Gasteiger partial charge in [0.05, 0.1) is 0 Å². The minimum absolute atomic E-state index is 0.695. The summed E-state index contributed by atoms with van der Waals surface area (Å²) in [5.74, 6) is 0.740. The van der Waals surface area contributed by atoms with Crippen LogP contribution in [0.4, 0.5) is 5.69 Å². The number of nitrogen functional groups attached to an aromatic ring is 1. The SMILES string of the molecule is Nc1ccc(CN(C=O)CC2CC2)cc1. The van der Waals surface area contributed by atoms with Crippen LogP contribution in [0.5, 0.6) is 0 Å². The highest BCUT2D eigenvalue weighted by Gasteiger charge is 2.23. The molecular formula is C12H16N2O. The van der Waals surface area contributed by atoms with Crippen LogP contribution in [0.15, 0.2) is 24.3 Å². The number of nitrogens with zero attached hydrogens (tertiary/aromatic N) is 1. The van der Waals surface area contributed by atoms with Crippen molar-refractivity contribution in [3.05, 3.63) is 29.8 Å². The number of rotatable bonds is 5. The van der Waals surface area contributed by atoms with Gasteiger partial charge in [0.1, 0.15) is 0 Å². The molecule has 0 heterocycles. The average Bonchev–Trinajstić information content (AvgIpc) is 3.04. The Kier molecular flexibility index (Phi) is 2.90. The molecule has 15 heavy (non-hydrogen) atoms. The number of carbonyl (C=O) groups is 1. The molecule has 2 N–H and O–H groups in total. The maximum absolute atomic E-state index is 10.8. The predicted molar refractivity (Wildman–Crippen MR) is 60.1 cm³/mol. The van der Waals surface area contributed by atoms with Gasteiger partial charge in [-0.1, -0.05) is 12.1 Å². The van der Waals surface area contributed by atoms with Crippen LogP contribution in [0.25, 0.3) is 0 Å². The highest BCUT2D eigenvalue weighted by Crippen LogP contribution is 2.29. The third kappa shape index (κ3) is 2.98. The lowest BCUT2D eigenvalue weighted by atomic mass is 10.2. The van der Waals surface area contributed by atoms with Crippen molar-refractivity contribution in [2.24, 2.45) is 5.92 Å². The van der Waals surface area contributed by atoms with Crippen LogP contribution in [0.1, 0.15) is 18.4 Å². The van der Waals surface area contributed by atoms with Crippen LogP contribution in [0.2, 0.25) is 0 Å². The number of carbonyl (C=O) groups excluding carboxylic acids is 1. The van der Waals surface area contributed by atoms with Gasteiger partial charge in [-0.05, 0) is 36.5 Å².